The van der Waals surface area contributed by atoms with Crippen LogP contribution in [0.5, 0.6) is 5.75 Å². The Morgan fingerprint density at radius 2 is 2.12 bits per heavy atom. The second-order valence-corrected chi connectivity index (χ2v) is 9.65. The summed E-state index contributed by atoms with van der Waals surface area (Å²) in [7, 11) is 0. The third-order valence-electron chi connectivity index (χ3n) is 7.25. The van der Waals surface area contributed by atoms with E-state index in [2.05, 4.69) is 35.4 Å². The standard InChI is InChI=1S/C24H35F2N5O2/c1-4-17-21(24(17)11-16(24)13-31-5-7-32-8-6-31)19(30-14(2)3)10-18(27)15-9-20(33-23(25)26)22(28)29-12-15/h9-10,12,14,16-17,21,23H,4-8,11,13,27H2,1-3H3,(H2,28,29). The Bertz CT molecular complexity index is 916. The molecular weight excluding hydrogens is 428 g/mol. The van der Waals surface area contributed by atoms with Gasteiger partial charge in [0.15, 0.2) is 11.6 Å². The molecule has 0 aromatic carbocycles. The van der Waals surface area contributed by atoms with E-state index in [1.54, 1.807) is 0 Å². The normalized spacial score (nSPS) is 30.3. The molecule has 1 aromatic rings. The fraction of sp³-hybridized carbons (Fsp3) is 0.667. The molecule has 7 nitrogen and oxygen atoms in total. The zero-order valence-corrected chi connectivity index (χ0v) is 19.6. The molecule has 3 aliphatic rings. The Kier molecular flexibility index (Phi) is 6.91. The van der Waals surface area contributed by atoms with Gasteiger partial charge in [-0.2, -0.15) is 8.78 Å². The Morgan fingerprint density at radius 1 is 1.39 bits per heavy atom. The second kappa shape index (κ2) is 9.54. The van der Waals surface area contributed by atoms with Gasteiger partial charge >= 0.3 is 6.61 Å². The van der Waals surface area contributed by atoms with Crippen molar-refractivity contribution >= 4 is 17.2 Å². The lowest BCUT2D eigenvalue weighted by Crippen LogP contribution is -2.37. The predicted octanol–water partition coefficient (Wildman–Crippen LogP) is 3.41. The minimum Gasteiger partial charge on any atom is -0.431 e. The summed E-state index contributed by atoms with van der Waals surface area (Å²) in [6.07, 6.45) is 5.69. The fourth-order valence-corrected chi connectivity index (χ4v) is 5.72. The van der Waals surface area contributed by atoms with E-state index >= 15 is 0 Å². The molecular formula is C24H35F2N5O2. The highest BCUT2D eigenvalue weighted by Gasteiger charge is 2.77. The molecule has 0 bridgehead atoms. The number of rotatable bonds is 9. The van der Waals surface area contributed by atoms with Gasteiger partial charge in [-0.25, -0.2) is 4.98 Å². The molecule has 9 heteroatoms. The van der Waals surface area contributed by atoms with Gasteiger partial charge in [-0.15, -0.1) is 0 Å². The molecule has 0 amide bonds. The topological polar surface area (TPSA) is 99.0 Å². The first-order chi connectivity index (χ1) is 15.8. The number of morpholine rings is 1. The first-order valence-corrected chi connectivity index (χ1v) is 11.8. The third-order valence-corrected chi connectivity index (χ3v) is 7.25. The van der Waals surface area contributed by atoms with Gasteiger partial charge in [-0.1, -0.05) is 13.3 Å². The van der Waals surface area contributed by atoms with Crippen LogP contribution in [0.3, 0.4) is 0 Å². The summed E-state index contributed by atoms with van der Waals surface area (Å²) in [4.78, 5) is 11.4. The van der Waals surface area contributed by atoms with Crippen molar-refractivity contribution in [1.29, 1.82) is 0 Å². The molecule has 4 rings (SSSR count). The highest BCUT2D eigenvalue weighted by Crippen LogP contribution is 2.79. The number of hydrogen-bond donors (Lipinski definition) is 2. The van der Waals surface area contributed by atoms with E-state index in [1.165, 1.54) is 18.7 Å². The van der Waals surface area contributed by atoms with Crippen molar-refractivity contribution in [1.82, 2.24) is 9.88 Å². The smallest absolute Gasteiger partial charge is 0.387 e. The Balaban J connectivity index is 1.55. The number of ether oxygens (including phenoxy) is 2. The van der Waals surface area contributed by atoms with E-state index in [0.29, 0.717) is 34.4 Å². The number of hydrogen-bond acceptors (Lipinski definition) is 7. The molecule has 1 aliphatic heterocycles. The molecule has 0 radical (unpaired) electrons. The summed E-state index contributed by atoms with van der Waals surface area (Å²) in [6.45, 7) is 8.10. The number of nitrogens with zero attached hydrogens (tertiary/aromatic N) is 3. The number of aliphatic imine (C=N–C) groups is 1. The van der Waals surface area contributed by atoms with Crippen LogP contribution in [0.1, 0.15) is 39.2 Å². The Hall–Kier alpha value is -2.26. The number of pyridine rings is 1. The highest BCUT2D eigenvalue weighted by molar-refractivity contribution is 6.05. The number of allylic oxidation sites excluding steroid dienone is 1. The molecule has 33 heavy (non-hydrogen) atoms. The van der Waals surface area contributed by atoms with E-state index in [-0.39, 0.29) is 17.6 Å². The summed E-state index contributed by atoms with van der Waals surface area (Å²) in [6, 6.07) is 1.53. The van der Waals surface area contributed by atoms with Crippen molar-refractivity contribution in [3.8, 4) is 5.75 Å². The number of halogens is 2. The van der Waals surface area contributed by atoms with Gasteiger partial charge in [0.25, 0.3) is 0 Å². The predicted molar refractivity (Wildman–Crippen MR) is 125 cm³/mol. The SMILES string of the molecule is CCC1C(C(C=C(N)c2cnc(N)c(OC(F)F)c2)=NC(C)C)C12CC2CN1CCOCC1. The van der Waals surface area contributed by atoms with Crippen LogP contribution in [-0.2, 0) is 4.74 Å². The molecule has 2 aliphatic carbocycles. The maximum atomic E-state index is 12.7. The first-order valence-electron chi connectivity index (χ1n) is 11.8. The third kappa shape index (κ3) is 4.99. The monoisotopic (exact) mass is 463 g/mol. The largest absolute Gasteiger partial charge is 0.431 e. The van der Waals surface area contributed by atoms with Gasteiger partial charge < -0.3 is 20.9 Å². The van der Waals surface area contributed by atoms with Crippen LogP contribution in [0.4, 0.5) is 14.6 Å². The number of aromatic nitrogens is 1. The Morgan fingerprint density at radius 3 is 2.76 bits per heavy atom. The van der Waals surface area contributed by atoms with Gasteiger partial charge in [-0.05, 0) is 49.7 Å². The van der Waals surface area contributed by atoms with Crippen molar-refractivity contribution in [3.63, 3.8) is 0 Å². The van der Waals surface area contributed by atoms with Gasteiger partial charge in [-0.3, -0.25) is 9.89 Å². The summed E-state index contributed by atoms with van der Waals surface area (Å²) in [5.74, 6) is 1.35. The first kappa shape index (κ1) is 23.9. The number of anilines is 1. The molecule has 2 heterocycles. The van der Waals surface area contributed by atoms with E-state index in [9.17, 15) is 8.78 Å². The molecule has 182 valence electrons. The van der Waals surface area contributed by atoms with Gasteiger partial charge in [0.05, 0.1) is 13.2 Å². The lowest BCUT2D eigenvalue weighted by molar-refractivity contribution is -0.0495. The molecule has 4 unspecified atom stereocenters. The molecule has 1 saturated heterocycles. The van der Waals surface area contributed by atoms with Crippen LogP contribution in [-0.4, -0.2) is 61.1 Å². The van der Waals surface area contributed by atoms with Crippen LogP contribution in [0, 0.1) is 23.2 Å². The number of nitrogens with two attached hydrogens (primary N) is 2. The van der Waals surface area contributed by atoms with E-state index < -0.39 is 6.61 Å². The minimum absolute atomic E-state index is 0.0981. The van der Waals surface area contributed by atoms with Crippen LogP contribution in [0.25, 0.3) is 5.70 Å². The average Bonchev–Trinajstić information content (AvgIpc) is 3.64. The maximum Gasteiger partial charge on any atom is 0.387 e. The molecule has 1 spiro atoms. The number of nitrogen functional groups attached to an aromatic ring is 1. The van der Waals surface area contributed by atoms with Crippen LogP contribution < -0.4 is 16.2 Å². The Labute approximate surface area is 194 Å². The molecule has 1 aromatic heterocycles. The average molecular weight is 464 g/mol. The van der Waals surface area contributed by atoms with E-state index in [0.717, 1.165) is 45.0 Å². The zero-order chi connectivity index (χ0) is 23.8. The molecule has 4 atom stereocenters. The van der Waals surface area contributed by atoms with Crippen molar-refractivity contribution in [2.45, 2.75) is 46.3 Å². The maximum absolute atomic E-state index is 12.7. The van der Waals surface area contributed by atoms with Crippen LogP contribution in [0.2, 0.25) is 0 Å². The van der Waals surface area contributed by atoms with Crippen molar-refractivity contribution < 1.29 is 18.3 Å². The summed E-state index contributed by atoms with van der Waals surface area (Å²) in [5.41, 5.74) is 14.3. The lowest BCUT2D eigenvalue weighted by Gasteiger charge is -2.26. The van der Waals surface area contributed by atoms with Gasteiger partial charge in [0.2, 0.25) is 0 Å². The summed E-state index contributed by atoms with van der Waals surface area (Å²) in [5, 5.41) is 0. The van der Waals surface area contributed by atoms with Crippen LogP contribution in [0.15, 0.2) is 23.3 Å². The molecule has 2 saturated carbocycles. The number of alkyl halides is 2. The van der Waals surface area contributed by atoms with Crippen molar-refractivity contribution in [3.05, 3.63) is 23.9 Å². The summed E-state index contributed by atoms with van der Waals surface area (Å²) < 4.78 is 35.4. The fourth-order valence-electron chi connectivity index (χ4n) is 5.72. The summed E-state index contributed by atoms with van der Waals surface area (Å²) >= 11 is 0. The van der Waals surface area contributed by atoms with E-state index in [1.807, 2.05) is 6.08 Å². The van der Waals surface area contributed by atoms with E-state index in [4.69, 9.17) is 21.2 Å². The molecule has 4 N–H and O–H groups in total. The zero-order valence-electron chi connectivity index (χ0n) is 19.6. The quantitative estimate of drug-likeness (QED) is 0.545. The second-order valence-electron chi connectivity index (χ2n) is 9.65. The van der Waals surface area contributed by atoms with Gasteiger partial charge in [0, 0.05) is 54.8 Å². The highest BCUT2D eigenvalue weighted by atomic mass is 19.3. The lowest BCUT2D eigenvalue weighted by atomic mass is 10.1. The van der Waals surface area contributed by atoms with Crippen LogP contribution >= 0.6 is 0 Å². The van der Waals surface area contributed by atoms with Gasteiger partial charge in [0.1, 0.15) is 0 Å². The van der Waals surface area contributed by atoms with Crippen molar-refractivity contribution in [2.75, 3.05) is 38.6 Å². The van der Waals surface area contributed by atoms with Crippen molar-refractivity contribution in [2.24, 2.45) is 33.9 Å². The minimum atomic E-state index is -2.98. The molecule has 3 fully saturated rings.